The highest BCUT2D eigenvalue weighted by atomic mass is 32.1. The molecule has 33 heavy (non-hydrogen) atoms. The van der Waals surface area contributed by atoms with Crippen molar-refractivity contribution in [2.75, 3.05) is 18.0 Å². The van der Waals surface area contributed by atoms with Crippen LogP contribution in [-0.2, 0) is 4.79 Å². The maximum absolute atomic E-state index is 14.4. The smallest absolute Gasteiger partial charge is 0.254 e. The monoisotopic (exact) mass is 460 g/mol. The number of para-hydroxylation sites is 1. The first kappa shape index (κ1) is 23.2. The number of carbonyl (C=O) groups is 2. The molecule has 4 nitrogen and oxygen atoms in total. The van der Waals surface area contributed by atoms with E-state index in [2.05, 4.69) is 26.8 Å². The van der Waals surface area contributed by atoms with Gasteiger partial charge >= 0.3 is 0 Å². The zero-order chi connectivity index (χ0) is 23.5. The van der Waals surface area contributed by atoms with E-state index in [-0.39, 0.29) is 17.9 Å². The summed E-state index contributed by atoms with van der Waals surface area (Å²) in [4.78, 5) is 33.0. The molecule has 0 aliphatic carbocycles. The number of carbonyl (C=O) groups excluding carboxylic acids is 2. The van der Waals surface area contributed by atoms with Crippen molar-refractivity contribution in [3.8, 4) is 0 Å². The second-order valence-electron chi connectivity index (χ2n) is 9.15. The third-order valence-electron chi connectivity index (χ3n) is 6.22. The Bertz CT molecular complexity index is 1120. The van der Waals surface area contributed by atoms with Gasteiger partial charge in [0.2, 0.25) is 5.91 Å². The topological polar surface area (TPSA) is 40.6 Å². The van der Waals surface area contributed by atoms with Crippen LogP contribution in [0.4, 0.5) is 5.69 Å². The summed E-state index contributed by atoms with van der Waals surface area (Å²) in [6.45, 7) is 9.62. The first-order chi connectivity index (χ1) is 15.9. The van der Waals surface area contributed by atoms with Gasteiger partial charge in [0.25, 0.3) is 5.91 Å². The molecule has 0 fully saturated rings. The Kier molecular flexibility index (Phi) is 6.99. The summed E-state index contributed by atoms with van der Waals surface area (Å²) < 4.78 is 0. The lowest BCUT2D eigenvalue weighted by Gasteiger charge is -2.43. The van der Waals surface area contributed by atoms with Crippen molar-refractivity contribution in [3.05, 3.63) is 87.6 Å². The van der Waals surface area contributed by atoms with Crippen molar-refractivity contribution in [2.45, 2.75) is 46.1 Å². The molecule has 172 valence electrons. The van der Waals surface area contributed by atoms with Crippen LogP contribution in [0.2, 0.25) is 0 Å². The van der Waals surface area contributed by atoms with Gasteiger partial charge in [0.1, 0.15) is 0 Å². The average Bonchev–Trinajstić information content (AvgIpc) is 3.33. The van der Waals surface area contributed by atoms with E-state index < -0.39 is 5.92 Å². The molecule has 0 N–H and O–H groups in total. The fraction of sp³-hybridized carbons (Fsp3) is 0.357. The highest BCUT2D eigenvalue weighted by Gasteiger charge is 2.46. The van der Waals surface area contributed by atoms with Crippen LogP contribution in [0.15, 0.2) is 66.0 Å². The minimum Gasteiger partial charge on any atom is -0.329 e. The number of nitrogens with zero attached hydrogens (tertiary/aromatic N) is 2. The van der Waals surface area contributed by atoms with E-state index >= 15 is 0 Å². The summed E-state index contributed by atoms with van der Waals surface area (Å²) in [5.74, 6) is -0.0964. The van der Waals surface area contributed by atoms with Crippen molar-refractivity contribution in [2.24, 2.45) is 5.92 Å². The van der Waals surface area contributed by atoms with E-state index in [4.69, 9.17) is 0 Å². The van der Waals surface area contributed by atoms with E-state index in [9.17, 15) is 9.59 Å². The first-order valence-corrected chi connectivity index (χ1v) is 12.6. The van der Waals surface area contributed by atoms with E-state index in [1.54, 1.807) is 11.3 Å². The first-order valence-electron chi connectivity index (χ1n) is 11.7. The normalized spacial score (nSPS) is 17.8. The second kappa shape index (κ2) is 9.92. The number of amides is 2. The quantitative estimate of drug-likeness (QED) is 0.407. The van der Waals surface area contributed by atoms with Gasteiger partial charge in [-0.25, -0.2) is 0 Å². The van der Waals surface area contributed by atoms with Crippen LogP contribution in [0, 0.1) is 12.8 Å². The third-order valence-corrected chi connectivity index (χ3v) is 7.16. The van der Waals surface area contributed by atoms with Crippen LogP contribution in [0.1, 0.15) is 65.5 Å². The minimum absolute atomic E-state index is 0.0136. The van der Waals surface area contributed by atoms with Crippen LogP contribution in [0.25, 0.3) is 0 Å². The Morgan fingerprint density at radius 2 is 1.79 bits per heavy atom. The molecule has 1 aromatic heterocycles. The van der Waals surface area contributed by atoms with Gasteiger partial charge in [-0.3, -0.25) is 9.59 Å². The lowest BCUT2D eigenvalue weighted by Crippen LogP contribution is -2.49. The van der Waals surface area contributed by atoms with Crippen molar-refractivity contribution < 1.29 is 9.59 Å². The van der Waals surface area contributed by atoms with Crippen molar-refractivity contribution in [3.63, 3.8) is 0 Å². The van der Waals surface area contributed by atoms with E-state index in [1.165, 1.54) is 0 Å². The van der Waals surface area contributed by atoms with Gasteiger partial charge in [-0.2, -0.15) is 0 Å². The highest BCUT2D eigenvalue weighted by Crippen LogP contribution is 2.46. The molecule has 0 radical (unpaired) electrons. The zero-order valence-corrected chi connectivity index (χ0v) is 20.6. The number of anilines is 1. The fourth-order valence-corrected chi connectivity index (χ4v) is 5.71. The standard InChI is InChI=1S/C28H32N2O2S/c1-5-16-29(23-14-9-6-11-20(23)4)28(32)25-21-12-7-8-13-22(21)27(31)30(18-19(2)3)26(25)24-15-10-17-33-24/h6-15,17,19,25-26H,5,16,18H2,1-4H3/t25-,26+/m1/s1. The predicted molar refractivity (Wildman–Crippen MR) is 136 cm³/mol. The van der Waals surface area contributed by atoms with Crippen molar-refractivity contribution in [1.29, 1.82) is 0 Å². The van der Waals surface area contributed by atoms with E-state index in [0.717, 1.165) is 28.1 Å². The fourth-order valence-electron chi connectivity index (χ4n) is 4.84. The van der Waals surface area contributed by atoms with Gasteiger partial charge in [0.05, 0.1) is 12.0 Å². The van der Waals surface area contributed by atoms with Gasteiger partial charge in [-0.15, -0.1) is 11.3 Å². The largest absolute Gasteiger partial charge is 0.329 e. The minimum atomic E-state index is -0.456. The molecule has 2 heterocycles. The molecular formula is C28H32N2O2S. The van der Waals surface area contributed by atoms with Crippen LogP contribution < -0.4 is 4.90 Å². The Morgan fingerprint density at radius 1 is 1.06 bits per heavy atom. The van der Waals surface area contributed by atoms with Gasteiger partial charge in [-0.1, -0.05) is 63.2 Å². The van der Waals surface area contributed by atoms with Crippen LogP contribution >= 0.6 is 11.3 Å². The Labute approximate surface area is 200 Å². The molecule has 1 aliphatic rings. The molecule has 2 atom stereocenters. The molecule has 1 aliphatic heterocycles. The van der Waals surface area contributed by atoms with E-state index in [1.807, 2.05) is 76.7 Å². The molecule has 0 saturated carbocycles. The average molecular weight is 461 g/mol. The number of rotatable bonds is 7. The van der Waals surface area contributed by atoms with Crippen LogP contribution in [0.5, 0.6) is 0 Å². The summed E-state index contributed by atoms with van der Waals surface area (Å²) in [6.07, 6.45) is 0.854. The molecule has 2 aromatic carbocycles. The maximum Gasteiger partial charge on any atom is 0.254 e. The number of hydrogen-bond donors (Lipinski definition) is 0. The van der Waals surface area contributed by atoms with Crippen molar-refractivity contribution in [1.82, 2.24) is 4.90 Å². The second-order valence-corrected chi connectivity index (χ2v) is 10.1. The number of benzene rings is 2. The third kappa shape index (κ3) is 4.47. The van der Waals surface area contributed by atoms with Crippen LogP contribution in [0.3, 0.4) is 0 Å². The Morgan fingerprint density at radius 3 is 2.45 bits per heavy atom. The van der Waals surface area contributed by atoms with Gasteiger partial charge in [0.15, 0.2) is 0 Å². The Hall–Kier alpha value is -2.92. The highest BCUT2D eigenvalue weighted by molar-refractivity contribution is 7.10. The predicted octanol–water partition coefficient (Wildman–Crippen LogP) is 6.44. The van der Waals surface area contributed by atoms with E-state index in [0.29, 0.717) is 24.6 Å². The lowest BCUT2D eigenvalue weighted by molar-refractivity contribution is -0.121. The number of thiophene rings is 1. The summed E-state index contributed by atoms with van der Waals surface area (Å²) >= 11 is 1.62. The molecule has 0 bridgehead atoms. The van der Waals surface area contributed by atoms with Gasteiger partial charge < -0.3 is 9.80 Å². The number of fused-ring (bicyclic) bond motifs is 1. The number of hydrogen-bond acceptors (Lipinski definition) is 3. The lowest BCUT2D eigenvalue weighted by atomic mass is 9.80. The summed E-state index contributed by atoms with van der Waals surface area (Å²) in [5, 5.41) is 2.03. The zero-order valence-electron chi connectivity index (χ0n) is 19.8. The summed E-state index contributed by atoms with van der Waals surface area (Å²) in [7, 11) is 0. The SMILES string of the molecule is CCCN(C(=O)[C@@H]1c2ccccc2C(=O)N(CC(C)C)[C@H]1c1cccs1)c1ccccc1C. The summed E-state index contributed by atoms with van der Waals surface area (Å²) in [6, 6.07) is 19.5. The number of aryl methyl sites for hydroxylation is 1. The maximum atomic E-state index is 14.4. The molecule has 5 heteroatoms. The van der Waals surface area contributed by atoms with Gasteiger partial charge in [-0.05, 0) is 54.0 Å². The van der Waals surface area contributed by atoms with Gasteiger partial charge in [0, 0.05) is 29.2 Å². The van der Waals surface area contributed by atoms with Crippen molar-refractivity contribution >= 4 is 28.8 Å². The molecule has 3 aromatic rings. The molecule has 4 rings (SSSR count). The molecule has 0 saturated heterocycles. The molecule has 0 unspecified atom stereocenters. The van der Waals surface area contributed by atoms with Crippen LogP contribution in [-0.4, -0.2) is 29.8 Å². The summed E-state index contributed by atoms with van der Waals surface area (Å²) in [5.41, 5.74) is 3.50. The molecular weight excluding hydrogens is 428 g/mol. The molecule has 0 spiro atoms. The Balaban J connectivity index is 1.90. The molecule has 2 amide bonds.